The highest BCUT2D eigenvalue weighted by Gasteiger charge is 2.49. The predicted molar refractivity (Wildman–Crippen MR) is 69.7 cm³/mol. The smallest absolute Gasteiger partial charge is 0.452 e. The summed E-state index contributed by atoms with van der Waals surface area (Å²) in [5.74, 6) is -2.02. The first kappa shape index (κ1) is 17.4. The van der Waals surface area contributed by atoms with Crippen LogP contribution in [0, 0.1) is 0 Å². The molecular formula is C12H20O6Si. The molecule has 0 aliphatic rings. The fourth-order valence-corrected chi connectivity index (χ4v) is 3.30. The molecular weight excluding hydrogens is 268 g/mol. The first-order valence-electron chi connectivity index (χ1n) is 6.07. The van der Waals surface area contributed by atoms with Crippen LogP contribution in [0.1, 0.15) is 47.0 Å². The minimum atomic E-state index is -3.76. The first-order chi connectivity index (χ1) is 8.81. The topological polar surface area (TPSA) is 78.9 Å². The van der Waals surface area contributed by atoms with E-state index in [-0.39, 0.29) is 0 Å². The van der Waals surface area contributed by atoms with Crippen LogP contribution in [0.25, 0.3) is 0 Å². The Morgan fingerprint density at radius 3 is 1.68 bits per heavy atom. The number of hydrogen-bond acceptors (Lipinski definition) is 6. The quantitative estimate of drug-likeness (QED) is 0.526. The maximum atomic E-state index is 11.1. The number of carbonyl (C=O) groups excluding carboxylic acids is 3. The number of unbranched alkanes of at least 4 members (excludes halogenated alkanes) is 2. The summed E-state index contributed by atoms with van der Waals surface area (Å²) in [5, 5.41) is 0. The van der Waals surface area contributed by atoms with Crippen molar-refractivity contribution in [2.75, 3.05) is 0 Å². The van der Waals surface area contributed by atoms with Crippen LogP contribution in [-0.2, 0) is 27.7 Å². The molecule has 0 aliphatic heterocycles. The van der Waals surface area contributed by atoms with Gasteiger partial charge in [0.2, 0.25) is 0 Å². The van der Waals surface area contributed by atoms with Gasteiger partial charge < -0.3 is 13.3 Å². The van der Waals surface area contributed by atoms with Crippen molar-refractivity contribution in [1.82, 2.24) is 0 Å². The summed E-state index contributed by atoms with van der Waals surface area (Å²) in [6, 6.07) is 0. The molecule has 0 saturated heterocycles. The first-order valence-corrected chi connectivity index (χ1v) is 7.88. The van der Waals surface area contributed by atoms with Gasteiger partial charge >= 0.3 is 8.80 Å². The van der Waals surface area contributed by atoms with Crippen molar-refractivity contribution in [2.24, 2.45) is 0 Å². The van der Waals surface area contributed by atoms with E-state index in [1.165, 1.54) is 5.70 Å². The van der Waals surface area contributed by atoms with Crippen LogP contribution in [0.4, 0.5) is 0 Å². The van der Waals surface area contributed by atoms with Crippen LogP contribution in [0.15, 0.2) is 11.8 Å². The number of hydrogen-bond donors (Lipinski definition) is 0. The summed E-state index contributed by atoms with van der Waals surface area (Å²) >= 11 is 0. The Kier molecular flexibility index (Phi) is 7.74. The van der Waals surface area contributed by atoms with E-state index in [9.17, 15) is 14.4 Å². The van der Waals surface area contributed by atoms with E-state index >= 15 is 0 Å². The van der Waals surface area contributed by atoms with E-state index in [0.717, 1.165) is 40.0 Å². The highest BCUT2D eigenvalue weighted by molar-refractivity contribution is 6.70. The Hall–Kier alpha value is -1.63. The summed E-state index contributed by atoms with van der Waals surface area (Å²) in [5.41, 5.74) is 1.40. The van der Waals surface area contributed by atoms with Gasteiger partial charge in [0.1, 0.15) is 0 Å². The van der Waals surface area contributed by atoms with E-state index in [0.29, 0.717) is 0 Å². The van der Waals surface area contributed by atoms with Gasteiger partial charge in [-0.15, -0.1) is 0 Å². The summed E-state index contributed by atoms with van der Waals surface area (Å²) in [6.07, 6.45) is 4.34. The van der Waals surface area contributed by atoms with Gasteiger partial charge in [0, 0.05) is 26.5 Å². The van der Waals surface area contributed by atoms with Crippen molar-refractivity contribution >= 4 is 26.7 Å². The van der Waals surface area contributed by atoms with Crippen LogP contribution < -0.4 is 0 Å². The summed E-state index contributed by atoms with van der Waals surface area (Å²) in [7, 11) is -3.76. The molecule has 0 saturated carbocycles. The van der Waals surface area contributed by atoms with Crippen molar-refractivity contribution in [1.29, 1.82) is 0 Å². The zero-order valence-corrected chi connectivity index (χ0v) is 12.7. The van der Waals surface area contributed by atoms with E-state index in [1.807, 2.05) is 6.92 Å². The molecule has 0 aromatic rings. The molecule has 0 spiro atoms. The lowest BCUT2D eigenvalue weighted by Crippen LogP contribution is -2.48. The average Bonchev–Trinajstić information content (AvgIpc) is 2.21. The molecule has 0 N–H and O–H groups in total. The summed E-state index contributed by atoms with van der Waals surface area (Å²) in [6.45, 7) is 5.51. The van der Waals surface area contributed by atoms with Crippen molar-refractivity contribution in [3.8, 4) is 0 Å². The molecule has 108 valence electrons. The molecule has 0 amide bonds. The lowest BCUT2D eigenvalue weighted by molar-refractivity contribution is -0.146. The van der Waals surface area contributed by atoms with Gasteiger partial charge in [-0.2, -0.15) is 0 Å². The summed E-state index contributed by atoms with van der Waals surface area (Å²) < 4.78 is 14.9. The monoisotopic (exact) mass is 288 g/mol. The molecule has 0 aromatic heterocycles. The second kappa shape index (κ2) is 8.47. The Morgan fingerprint density at radius 2 is 1.37 bits per heavy atom. The zero-order chi connectivity index (χ0) is 14.9. The van der Waals surface area contributed by atoms with Gasteiger partial charge in [-0.1, -0.05) is 25.8 Å². The number of rotatable bonds is 7. The fourth-order valence-electron chi connectivity index (χ4n) is 1.32. The Labute approximate surface area is 114 Å². The molecule has 0 aromatic carbocycles. The molecule has 0 heterocycles. The zero-order valence-electron chi connectivity index (χ0n) is 11.7. The molecule has 0 aliphatic carbocycles. The highest BCUT2D eigenvalue weighted by atomic mass is 28.4. The minimum absolute atomic E-state index is 0.672. The molecule has 0 bridgehead atoms. The van der Waals surface area contributed by atoms with E-state index < -0.39 is 26.7 Å². The van der Waals surface area contributed by atoms with Gasteiger partial charge in [0.25, 0.3) is 17.9 Å². The van der Waals surface area contributed by atoms with Crippen LogP contribution in [0.5, 0.6) is 0 Å². The summed E-state index contributed by atoms with van der Waals surface area (Å²) in [4.78, 5) is 33.3. The molecule has 0 rings (SSSR count). The standard InChI is InChI=1S/C12H20O6Si/c1-5-6-7-8-9-19(16-10(2)13,17-11(3)14)18-12(4)15/h8-9H,5-7H2,1-4H3. The third-order valence-electron chi connectivity index (χ3n) is 1.90. The second-order valence-electron chi connectivity index (χ2n) is 3.93. The van der Waals surface area contributed by atoms with Crippen LogP contribution in [0.3, 0.4) is 0 Å². The Morgan fingerprint density at radius 1 is 0.947 bits per heavy atom. The second-order valence-corrected chi connectivity index (χ2v) is 6.08. The molecule has 19 heavy (non-hydrogen) atoms. The molecule has 0 unspecified atom stereocenters. The van der Waals surface area contributed by atoms with Gasteiger partial charge in [-0.25, -0.2) is 0 Å². The molecule has 7 heteroatoms. The molecule has 6 nitrogen and oxygen atoms in total. The third kappa shape index (κ3) is 8.14. The van der Waals surface area contributed by atoms with Gasteiger partial charge in [0.15, 0.2) is 0 Å². The van der Waals surface area contributed by atoms with Crippen LogP contribution in [-0.4, -0.2) is 26.7 Å². The minimum Gasteiger partial charge on any atom is -0.452 e. The van der Waals surface area contributed by atoms with Gasteiger partial charge in [-0.05, 0) is 6.42 Å². The van der Waals surface area contributed by atoms with Crippen molar-refractivity contribution in [3.63, 3.8) is 0 Å². The number of allylic oxidation sites excluding steroid dienone is 1. The van der Waals surface area contributed by atoms with E-state index in [1.54, 1.807) is 6.08 Å². The lowest BCUT2D eigenvalue weighted by atomic mass is 10.2. The van der Waals surface area contributed by atoms with Crippen molar-refractivity contribution in [2.45, 2.75) is 47.0 Å². The van der Waals surface area contributed by atoms with E-state index in [4.69, 9.17) is 13.3 Å². The largest absolute Gasteiger partial charge is 0.734 e. The van der Waals surface area contributed by atoms with Crippen LogP contribution >= 0.6 is 0 Å². The highest BCUT2D eigenvalue weighted by Crippen LogP contribution is 2.14. The normalized spacial score (nSPS) is 11.2. The maximum absolute atomic E-state index is 11.1. The third-order valence-corrected chi connectivity index (χ3v) is 4.26. The lowest BCUT2D eigenvalue weighted by Gasteiger charge is -2.23. The van der Waals surface area contributed by atoms with Crippen LogP contribution in [0.2, 0.25) is 0 Å². The van der Waals surface area contributed by atoms with Crippen molar-refractivity contribution < 1.29 is 27.7 Å². The Balaban J connectivity index is 5.08. The molecule has 0 fully saturated rings. The molecule has 0 radical (unpaired) electrons. The molecule has 0 atom stereocenters. The average molecular weight is 288 g/mol. The SMILES string of the molecule is CCCCC=C[Si](OC(C)=O)(OC(C)=O)OC(C)=O. The number of carbonyl (C=O) groups is 3. The van der Waals surface area contributed by atoms with E-state index in [2.05, 4.69) is 0 Å². The Bertz CT molecular complexity index is 322. The van der Waals surface area contributed by atoms with Gasteiger partial charge in [0.05, 0.1) is 0 Å². The van der Waals surface area contributed by atoms with Gasteiger partial charge in [-0.3, -0.25) is 14.4 Å². The maximum Gasteiger partial charge on any atom is 0.734 e. The van der Waals surface area contributed by atoms with Crippen molar-refractivity contribution in [3.05, 3.63) is 11.8 Å². The predicted octanol–water partition coefficient (Wildman–Crippen LogP) is 1.90. The fraction of sp³-hybridized carbons (Fsp3) is 0.583.